The van der Waals surface area contributed by atoms with Crippen LogP contribution in [0.5, 0.6) is 0 Å². The molecule has 1 rings (SSSR count). The Labute approximate surface area is 88.1 Å². The van der Waals surface area contributed by atoms with Gasteiger partial charge in [-0.2, -0.15) is 0 Å². The molecule has 2 nitrogen and oxygen atoms in total. The Balaban J connectivity index is 2.15. The van der Waals surface area contributed by atoms with Gasteiger partial charge in [-0.25, -0.2) is 0 Å². The number of hydrogen-bond acceptors (Lipinski definition) is 2. The van der Waals surface area contributed by atoms with Gasteiger partial charge in [-0.1, -0.05) is 19.8 Å². The molecule has 0 spiro atoms. The van der Waals surface area contributed by atoms with Crippen LogP contribution in [0.2, 0.25) is 0 Å². The van der Waals surface area contributed by atoms with Crippen LogP contribution in [0.3, 0.4) is 0 Å². The Morgan fingerprint density at radius 3 is 2.57 bits per heavy atom. The zero-order chi connectivity index (χ0) is 10.4. The Hall–Kier alpha value is -0.520. The molecule has 0 bridgehead atoms. The second-order valence-corrected chi connectivity index (χ2v) is 4.55. The first-order chi connectivity index (χ1) is 6.72. The van der Waals surface area contributed by atoms with Gasteiger partial charge in [0.2, 0.25) is 0 Å². The number of piperidine rings is 1. The zero-order valence-electron chi connectivity index (χ0n) is 9.42. The van der Waals surface area contributed by atoms with Gasteiger partial charge in [0.15, 0.2) is 0 Å². The molecule has 1 fully saturated rings. The van der Waals surface area contributed by atoms with Gasteiger partial charge in [-0.05, 0) is 31.8 Å². The summed E-state index contributed by atoms with van der Waals surface area (Å²) >= 11 is 0. The molecule has 0 aromatic heterocycles. The molecular formula is C12H22N2. The maximum absolute atomic E-state index is 5.22. The topological polar surface area (TPSA) is 15.3 Å². The summed E-state index contributed by atoms with van der Waals surface area (Å²) in [7, 11) is 0. The predicted octanol–water partition coefficient (Wildman–Crippen LogP) is 1.33. The van der Waals surface area contributed by atoms with Crippen molar-refractivity contribution in [3.63, 3.8) is 0 Å². The largest absolute Gasteiger partial charge is 0.303 e. The molecule has 1 N–H and O–H groups in total. The lowest BCUT2D eigenvalue weighted by Gasteiger charge is -2.33. The monoisotopic (exact) mass is 194 g/mol. The van der Waals surface area contributed by atoms with Gasteiger partial charge in [-0.15, -0.1) is 6.42 Å². The van der Waals surface area contributed by atoms with E-state index in [0.717, 1.165) is 12.5 Å². The maximum Gasteiger partial charge on any atom is 0.0575 e. The average Bonchev–Trinajstić information content (AvgIpc) is 2.16. The van der Waals surface area contributed by atoms with Crippen LogP contribution < -0.4 is 5.32 Å². The predicted molar refractivity (Wildman–Crippen MR) is 61.1 cm³/mol. The normalized spacial score (nSPS) is 19.9. The van der Waals surface area contributed by atoms with Gasteiger partial charge in [-0.3, -0.25) is 0 Å². The summed E-state index contributed by atoms with van der Waals surface area (Å²) in [6.07, 6.45) is 7.70. The number of hydrogen-bond donors (Lipinski definition) is 1. The van der Waals surface area contributed by atoms with E-state index in [1.165, 1.54) is 32.5 Å². The first-order valence-corrected chi connectivity index (χ1v) is 5.61. The van der Waals surface area contributed by atoms with Crippen molar-refractivity contribution in [2.24, 2.45) is 5.92 Å². The summed E-state index contributed by atoms with van der Waals surface area (Å²) in [6.45, 7) is 8.96. The summed E-state index contributed by atoms with van der Waals surface area (Å²) in [5.41, 5.74) is 0. The molecule has 1 aliphatic heterocycles. The molecule has 0 radical (unpaired) electrons. The van der Waals surface area contributed by atoms with Crippen LogP contribution in [0, 0.1) is 18.3 Å². The minimum Gasteiger partial charge on any atom is -0.303 e. The molecular weight excluding hydrogens is 172 g/mol. The molecule has 1 aliphatic rings. The fourth-order valence-electron chi connectivity index (χ4n) is 2.04. The average molecular weight is 194 g/mol. The van der Waals surface area contributed by atoms with E-state index in [1.54, 1.807) is 0 Å². The van der Waals surface area contributed by atoms with Crippen molar-refractivity contribution in [3.05, 3.63) is 0 Å². The highest BCUT2D eigenvalue weighted by Crippen LogP contribution is 2.11. The highest BCUT2D eigenvalue weighted by Gasteiger charge is 2.18. The summed E-state index contributed by atoms with van der Waals surface area (Å²) in [5, 5.41) is 3.38. The molecule has 14 heavy (non-hydrogen) atoms. The van der Waals surface area contributed by atoms with Crippen LogP contribution in [0.4, 0.5) is 0 Å². The van der Waals surface area contributed by atoms with Crippen LogP contribution in [0.15, 0.2) is 0 Å². The van der Waals surface area contributed by atoms with Crippen LogP contribution in [-0.4, -0.2) is 37.1 Å². The number of nitrogens with zero attached hydrogens (tertiary/aromatic N) is 1. The van der Waals surface area contributed by atoms with Gasteiger partial charge in [0, 0.05) is 12.6 Å². The van der Waals surface area contributed by atoms with Gasteiger partial charge in [0.1, 0.15) is 0 Å². The summed E-state index contributed by atoms with van der Waals surface area (Å²) in [6, 6.07) is 0.648. The Morgan fingerprint density at radius 1 is 1.43 bits per heavy atom. The van der Waals surface area contributed by atoms with Crippen molar-refractivity contribution in [2.75, 3.05) is 26.2 Å². The van der Waals surface area contributed by atoms with Crippen molar-refractivity contribution in [1.82, 2.24) is 10.2 Å². The van der Waals surface area contributed by atoms with Gasteiger partial charge < -0.3 is 10.2 Å². The van der Waals surface area contributed by atoms with Gasteiger partial charge in [0.25, 0.3) is 0 Å². The van der Waals surface area contributed by atoms with Crippen LogP contribution >= 0.6 is 0 Å². The minimum absolute atomic E-state index is 0.648. The summed E-state index contributed by atoms with van der Waals surface area (Å²) < 4.78 is 0. The SMILES string of the molecule is C#CCNC1CCN(CC(C)C)CC1. The molecule has 0 amide bonds. The Kier molecular flexibility index (Phi) is 5.00. The highest BCUT2D eigenvalue weighted by molar-refractivity contribution is 4.89. The minimum atomic E-state index is 0.648. The third-order valence-electron chi connectivity index (χ3n) is 2.70. The van der Waals surface area contributed by atoms with Crippen LogP contribution in [0.25, 0.3) is 0 Å². The molecule has 80 valence electrons. The molecule has 0 unspecified atom stereocenters. The lowest BCUT2D eigenvalue weighted by Crippen LogP contribution is -2.43. The van der Waals surface area contributed by atoms with Crippen molar-refractivity contribution in [2.45, 2.75) is 32.7 Å². The lowest BCUT2D eigenvalue weighted by atomic mass is 10.0. The van der Waals surface area contributed by atoms with Crippen molar-refractivity contribution < 1.29 is 0 Å². The van der Waals surface area contributed by atoms with E-state index in [0.29, 0.717) is 6.04 Å². The fourth-order valence-corrected chi connectivity index (χ4v) is 2.04. The lowest BCUT2D eigenvalue weighted by molar-refractivity contribution is 0.182. The highest BCUT2D eigenvalue weighted by atomic mass is 15.1. The van der Waals surface area contributed by atoms with Crippen molar-refractivity contribution in [1.29, 1.82) is 0 Å². The first kappa shape index (κ1) is 11.6. The number of terminal acetylenes is 1. The van der Waals surface area contributed by atoms with Crippen molar-refractivity contribution >= 4 is 0 Å². The maximum atomic E-state index is 5.22. The van der Waals surface area contributed by atoms with Gasteiger partial charge >= 0.3 is 0 Å². The molecule has 0 aliphatic carbocycles. The van der Waals surface area contributed by atoms with E-state index in [-0.39, 0.29) is 0 Å². The summed E-state index contributed by atoms with van der Waals surface area (Å²) in [5.74, 6) is 3.42. The Morgan fingerprint density at radius 2 is 2.07 bits per heavy atom. The second kappa shape index (κ2) is 6.06. The van der Waals surface area contributed by atoms with E-state index >= 15 is 0 Å². The number of rotatable bonds is 4. The molecule has 1 saturated heterocycles. The zero-order valence-corrected chi connectivity index (χ0v) is 9.42. The molecule has 0 aromatic carbocycles. The first-order valence-electron chi connectivity index (χ1n) is 5.61. The summed E-state index contributed by atoms with van der Waals surface area (Å²) in [4.78, 5) is 2.55. The van der Waals surface area contributed by atoms with Crippen molar-refractivity contribution in [3.8, 4) is 12.3 Å². The molecule has 0 aromatic rings. The fraction of sp³-hybridized carbons (Fsp3) is 0.833. The Bertz CT molecular complexity index is 185. The third-order valence-corrected chi connectivity index (χ3v) is 2.70. The smallest absolute Gasteiger partial charge is 0.0575 e. The number of likely N-dealkylation sites (tertiary alicyclic amines) is 1. The molecule has 0 atom stereocenters. The molecule has 1 heterocycles. The van der Waals surface area contributed by atoms with E-state index in [4.69, 9.17) is 6.42 Å². The number of nitrogens with one attached hydrogen (secondary N) is 1. The second-order valence-electron chi connectivity index (χ2n) is 4.55. The van der Waals surface area contributed by atoms with E-state index in [2.05, 4.69) is 30.0 Å². The van der Waals surface area contributed by atoms with E-state index in [9.17, 15) is 0 Å². The standard InChI is InChI=1S/C12H22N2/c1-4-7-13-12-5-8-14(9-6-12)10-11(2)3/h1,11-13H,5-10H2,2-3H3. The third kappa shape index (κ3) is 4.13. The molecule has 2 heteroatoms. The molecule has 0 saturated carbocycles. The van der Waals surface area contributed by atoms with E-state index in [1.807, 2.05) is 0 Å². The van der Waals surface area contributed by atoms with E-state index < -0.39 is 0 Å². The van der Waals surface area contributed by atoms with Crippen LogP contribution in [-0.2, 0) is 0 Å². The van der Waals surface area contributed by atoms with Gasteiger partial charge in [0.05, 0.1) is 6.54 Å². The quantitative estimate of drug-likeness (QED) is 0.679. The van der Waals surface area contributed by atoms with Crippen LogP contribution in [0.1, 0.15) is 26.7 Å².